The first-order valence-electron chi connectivity index (χ1n) is 58.8. The molecule has 0 unspecified atom stereocenters. The highest BCUT2D eigenvalue weighted by molar-refractivity contribution is 6.90. The summed E-state index contributed by atoms with van der Waals surface area (Å²) in [7, 11) is -24.2. The summed E-state index contributed by atoms with van der Waals surface area (Å²) in [5.41, 5.74) is 0. The van der Waals surface area contributed by atoms with Crippen LogP contribution in [-0.4, -0.2) is 150 Å². The number of unbranched alkanes of at least 4 members (excludes halogenated alkanes) is 20. The van der Waals surface area contributed by atoms with Gasteiger partial charge in [0.25, 0.3) is 0 Å². The third-order valence-electron chi connectivity index (χ3n) is 25.7. The molecule has 0 fully saturated rings. The lowest BCUT2D eigenvalue weighted by atomic mass is 10.3. The molecular formula is C108H270O9Si18. The third-order valence-corrected chi connectivity index (χ3v) is 94.3. The second-order valence-corrected chi connectivity index (χ2v) is 132. The molecule has 27 heteroatoms. The van der Waals surface area contributed by atoms with E-state index in [1.165, 1.54) is 340 Å². The molecule has 0 saturated heterocycles. The van der Waals surface area contributed by atoms with Crippen molar-refractivity contribution < 1.29 is 37.0 Å². The van der Waals surface area contributed by atoms with E-state index in [1.807, 2.05) is 0 Å². The normalized spacial score (nSPS) is 13.2. The van der Waals surface area contributed by atoms with E-state index in [2.05, 4.69) is 360 Å². The molecule has 9 nitrogen and oxygen atoms in total. The minimum absolute atomic E-state index is 1.25. The van der Waals surface area contributed by atoms with Crippen molar-refractivity contribution in [3.63, 3.8) is 0 Å². The molecule has 0 spiro atoms. The van der Waals surface area contributed by atoms with Gasteiger partial charge >= 0.3 is 0 Å². The van der Waals surface area contributed by atoms with Gasteiger partial charge in [-0.3, -0.25) is 0 Å². The van der Waals surface area contributed by atoms with Crippen molar-refractivity contribution in [2.24, 2.45) is 0 Å². The first kappa shape index (κ1) is 156. The number of hydrogen-bond donors (Lipinski definition) is 0. The summed E-state index contributed by atoms with van der Waals surface area (Å²) in [6.07, 6.45) is 48.1. The van der Waals surface area contributed by atoms with E-state index < -0.39 is 150 Å². The molecule has 0 rings (SSSR count). The van der Waals surface area contributed by atoms with Crippen LogP contribution in [0.4, 0.5) is 0 Å². The maximum absolute atomic E-state index is 6.60. The van der Waals surface area contributed by atoms with Gasteiger partial charge in [0, 0.05) is 0 Å². The van der Waals surface area contributed by atoms with Crippen LogP contribution < -0.4 is 0 Å². The van der Waals surface area contributed by atoms with Crippen LogP contribution in [0.25, 0.3) is 0 Å². The maximum atomic E-state index is 6.60. The van der Waals surface area contributed by atoms with Gasteiger partial charge in [-0.1, -0.05) is 356 Å². The van der Waals surface area contributed by atoms with Gasteiger partial charge in [0.1, 0.15) is 0 Å². The monoisotopic (exact) mass is 2220 g/mol. The van der Waals surface area contributed by atoms with Gasteiger partial charge in [-0.15, -0.1) is 0 Å². The van der Waals surface area contributed by atoms with E-state index in [0.29, 0.717) is 0 Å². The second kappa shape index (κ2) is 84.2. The first-order chi connectivity index (χ1) is 61.5. The van der Waals surface area contributed by atoms with Crippen LogP contribution in [0.15, 0.2) is 0 Å². The molecule has 0 saturated carbocycles. The van der Waals surface area contributed by atoms with E-state index in [9.17, 15) is 0 Å². The zero-order chi connectivity index (χ0) is 108. The molecular weight excluding hydrogens is 1950 g/mol. The SMILES string of the molecule is CCCCC[Si](C)(C)O[Si](C)(C)CC.CCCCC[Si](C)(C)O[Si](C)(C)CCC.CCCCC[Si](C)(C)O[Si](C)(C)CCC.CCCCC[Si](C)(C)O[Si](C)(C)CCCC.CCCCC[Si](C)(C)O[Si](C)(C)CCCC.CCCCC[Si](C)(C)O[Si](C)(C)CCCCC.CCCC[Si](C)(C)O[Si](C)(C)CC.CCCC[Si](C)(C)O[Si](C)(C)CCC.CCCC[Si](C)(C)O[Si](C)(C)CCCC. The van der Waals surface area contributed by atoms with Gasteiger partial charge in [0.15, 0.2) is 150 Å². The fraction of sp³-hybridized carbons (Fsp3) is 1.00. The van der Waals surface area contributed by atoms with Crippen LogP contribution in [0.3, 0.4) is 0 Å². The Balaban J connectivity index is -0.000000189. The summed E-state index contributed by atoms with van der Waals surface area (Å²) < 4.78 is 58.4. The van der Waals surface area contributed by atoms with Crippen LogP contribution in [0.5, 0.6) is 0 Å². The molecule has 0 aromatic heterocycles. The summed E-state index contributed by atoms with van der Waals surface area (Å²) in [6.45, 7) is 127. The summed E-state index contributed by atoms with van der Waals surface area (Å²) in [5.74, 6) is 0. The molecule has 135 heavy (non-hydrogen) atoms. The zero-order valence-electron chi connectivity index (χ0n) is 105. The molecule has 0 aliphatic heterocycles. The maximum Gasteiger partial charge on any atom is 0.173 e. The molecule has 828 valence electrons. The van der Waals surface area contributed by atoms with Crippen molar-refractivity contribution in [1.29, 1.82) is 0 Å². The molecule has 0 aliphatic carbocycles. The lowest BCUT2D eigenvalue weighted by Crippen LogP contribution is -2.44. The highest BCUT2D eigenvalue weighted by atomic mass is 28.5. The quantitative estimate of drug-likeness (QED) is 0.0437. The lowest BCUT2D eigenvalue weighted by Gasteiger charge is -2.34. The fourth-order valence-electron chi connectivity index (χ4n) is 18.7. The van der Waals surface area contributed by atoms with Crippen molar-refractivity contribution in [2.45, 2.75) is 700 Å². The highest BCUT2D eigenvalue weighted by Gasteiger charge is 2.40. The van der Waals surface area contributed by atoms with Gasteiger partial charge in [-0.25, -0.2) is 0 Å². The first-order valence-corrected chi connectivity index (χ1v) is 115. The fourth-order valence-corrected chi connectivity index (χ4v) is 98.8. The van der Waals surface area contributed by atoms with Crippen LogP contribution in [0.1, 0.15) is 356 Å². The van der Waals surface area contributed by atoms with Gasteiger partial charge in [0.2, 0.25) is 0 Å². The predicted octanol–water partition coefficient (Wildman–Crippen LogP) is 45.1. The van der Waals surface area contributed by atoms with Gasteiger partial charge in [0.05, 0.1) is 0 Å². The summed E-state index contributed by atoms with van der Waals surface area (Å²) in [5, 5.41) is 0. The van der Waals surface area contributed by atoms with Crippen LogP contribution in [0, 0.1) is 0 Å². The van der Waals surface area contributed by atoms with Crippen molar-refractivity contribution in [3.05, 3.63) is 0 Å². The van der Waals surface area contributed by atoms with E-state index in [-0.39, 0.29) is 0 Å². The second-order valence-electron chi connectivity index (χ2n) is 52.4. The highest BCUT2D eigenvalue weighted by Crippen LogP contribution is 2.34. The van der Waals surface area contributed by atoms with E-state index in [0.717, 1.165) is 0 Å². The third kappa shape index (κ3) is 116. The smallest absolute Gasteiger partial charge is 0.173 e. The van der Waals surface area contributed by atoms with E-state index in [4.69, 9.17) is 37.0 Å². The standard InChI is InChI=1S/C14H34OSi2.2C13H32OSi2.3C12H30OSi2.2C11H28OSi2.C10H26OSi2/c1-7-9-11-13-16(3,4)15-17(5,6)14-12-10-8-2;2*1-7-9-11-13-16(5,6)14-15(3,4)12-10-8-2;2*1-7-9-10-12-15(5,6)13-14(3,4)11-8-2;1-7-9-11-14(3,4)13-15(5,6)12-10-8-2;1-7-9-10-11-14(5,6)12-13(3,4)8-2;1-7-9-11-14(5,6)12-13(3,4)10-8-2;1-7-9-10-13(5,6)11-12(3,4)8-2/h7-14H2,1-6H3;2*7-13H2,1-6H3;3*7-12H2,1-6H3;2*7-11H2,1-6H3;7-10H2,1-6H3. The van der Waals surface area contributed by atoms with Crippen LogP contribution >= 0.6 is 0 Å². The summed E-state index contributed by atoms with van der Waals surface area (Å²) in [6, 6.07) is 23.9. The average molecular weight is 2220 g/mol. The van der Waals surface area contributed by atoms with E-state index >= 15 is 0 Å². The molecule has 0 bridgehead atoms. The average Bonchev–Trinajstić information content (AvgIpc) is 0.862. The Kier molecular flexibility index (Phi) is 97.4. The molecule has 0 N–H and O–H groups in total. The minimum Gasteiger partial charge on any atom is -0.456 e. The van der Waals surface area contributed by atoms with Crippen LogP contribution in [0.2, 0.25) is 344 Å². The molecule has 0 atom stereocenters. The molecule has 0 radical (unpaired) electrons. The van der Waals surface area contributed by atoms with Gasteiger partial charge in [-0.2, -0.15) is 0 Å². The summed E-state index contributed by atoms with van der Waals surface area (Å²) >= 11 is 0. The topological polar surface area (TPSA) is 83.1 Å². The Hall–Kier alpha value is 3.54. The molecule has 0 aromatic carbocycles. The van der Waals surface area contributed by atoms with Crippen molar-refractivity contribution >= 4 is 150 Å². The molecule has 0 heterocycles. The predicted molar refractivity (Wildman–Crippen MR) is 679 cm³/mol. The Morgan fingerprint density at radius 3 is 0.252 bits per heavy atom. The van der Waals surface area contributed by atoms with Gasteiger partial charge in [-0.05, 0) is 344 Å². The Bertz CT molecular complexity index is 2470. The number of rotatable bonds is 72. The van der Waals surface area contributed by atoms with Crippen LogP contribution in [-0.2, 0) is 37.0 Å². The summed E-state index contributed by atoms with van der Waals surface area (Å²) in [4.78, 5) is 0. The van der Waals surface area contributed by atoms with E-state index in [1.54, 1.807) is 0 Å². The van der Waals surface area contributed by atoms with Gasteiger partial charge < -0.3 is 37.0 Å². The number of hydrogen-bond acceptors (Lipinski definition) is 9. The van der Waals surface area contributed by atoms with Crippen molar-refractivity contribution in [1.82, 2.24) is 0 Å². The molecule has 0 aliphatic rings. The molecule has 0 aromatic rings. The largest absolute Gasteiger partial charge is 0.456 e. The Morgan fingerprint density at radius 1 is 0.0889 bits per heavy atom. The van der Waals surface area contributed by atoms with Crippen molar-refractivity contribution in [2.75, 3.05) is 0 Å². The lowest BCUT2D eigenvalue weighted by molar-refractivity contribution is 0.524. The molecule has 0 amide bonds. The zero-order valence-corrected chi connectivity index (χ0v) is 123. The Morgan fingerprint density at radius 2 is 0.170 bits per heavy atom. The van der Waals surface area contributed by atoms with Crippen molar-refractivity contribution in [3.8, 4) is 0 Å². The Labute approximate surface area is 879 Å². The minimum atomic E-state index is -1.37.